The average molecular weight is 387 g/mol. The summed E-state index contributed by atoms with van der Waals surface area (Å²) >= 11 is 0. The Morgan fingerprint density at radius 1 is 1.07 bits per heavy atom. The maximum absolute atomic E-state index is 9.43. The molecule has 6 nitrogen and oxygen atoms in total. The van der Waals surface area contributed by atoms with E-state index in [0.717, 1.165) is 39.2 Å². The molecule has 0 spiro atoms. The van der Waals surface area contributed by atoms with Gasteiger partial charge < -0.3 is 20.3 Å². The highest BCUT2D eigenvalue weighted by atomic mass is 16.3. The Morgan fingerprint density at radius 3 is 2.66 bits per heavy atom. The second kappa shape index (κ2) is 8.32. The number of anilines is 2. The predicted molar refractivity (Wildman–Crippen MR) is 118 cm³/mol. The molecule has 0 saturated carbocycles. The second-order valence-electron chi connectivity index (χ2n) is 7.16. The van der Waals surface area contributed by atoms with Crippen molar-refractivity contribution in [1.82, 2.24) is 15.0 Å². The molecule has 0 aliphatic carbocycles. The van der Waals surface area contributed by atoms with E-state index in [1.807, 2.05) is 12.3 Å². The summed E-state index contributed by atoms with van der Waals surface area (Å²) in [7, 11) is 0. The molecule has 29 heavy (non-hydrogen) atoms. The van der Waals surface area contributed by atoms with E-state index in [1.165, 1.54) is 5.56 Å². The number of hydrogen-bond donors (Lipinski definition) is 3. The van der Waals surface area contributed by atoms with Gasteiger partial charge in [-0.2, -0.15) is 0 Å². The third-order valence-electron chi connectivity index (χ3n) is 5.04. The van der Waals surface area contributed by atoms with Crippen LogP contribution in [-0.4, -0.2) is 39.9 Å². The van der Waals surface area contributed by atoms with Gasteiger partial charge in [-0.3, -0.25) is 0 Å². The molecular formula is C23H25N5O. The van der Waals surface area contributed by atoms with Crippen molar-refractivity contribution in [2.75, 3.05) is 30.0 Å². The lowest BCUT2D eigenvalue weighted by Gasteiger charge is -2.25. The Hall–Kier alpha value is -3.38. The molecule has 0 aliphatic rings. The normalized spacial score (nSPS) is 11.0. The van der Waals surface area contributed by atoms with Gasteiger partial charge in [-0.15, -0.1) is 0 Å². The molecule has 0 amide bonds. The topological polar surface area (TPSA) is 77.1 Å². The number of nitrogens with zero attached hydrogens (tertiary/aromatic N) is 3. The molecule has 0 atom stereocenters. The first-order valence-corrected chi connectivity index (χ1v) is 9.71. The Kier molecular flexibility index (Phi) is 5.44. The van der Waals surface area contributed by atoms with E-state index in [1.54, 1.807) is 6.33 Å². The van der Waals surface area contributed by atoms with Gasteiger partial charge in [0.05, 0.1) is 19.0 Å². The third kappa shape index (κ3) is 4.07. The molecule has 0 bridgehead atoms. The highest BCUT2D eigenvalue weighted by Crippen LogP contribution is 2.28. The minimum absolute atomic E-state index is 0.105. The molecule has 0 radical (unpaired) electrons. The minimum Gasteiger partial charge on any atom is -0.395 e. The van der Waals surface area contributed by atoms with Gasteiger partial charge in [0.25, 0.3) is 0 Å². The van der Waals surface area contributed by atoms with Crippen LogP contribution in [0.5, 0.6) is 0 Å². The number of benzene rings is 2. The Labute approximate surface area is 170 Å². The quantitative estimate of drug-likeness (QED) is 0.416. The van der Waals surface area contributed by atoms with Gasteiger partial charge in [0.1, 0.15) is 12.0 Å². The Bertz CT molecular complexity index is 1100. The van der Waals surface area contributed by atoms with Gasteiger partial charge in [-0.25, -0.2) is 9.97 Å². The van der Waals surface area contributed by atoms with Gasteiger partial charge in [0, 0.05) is 35.1 Å². The lowest BCUT2D eigenvalue weighted by Crippen LogP contribution is -2.32. The number of hydrogen-bond acceptors (Lipinski definition) is 5. The molecule has 0 fully saturated rings. The molecule has 2 aromatic carbocycles. The van der Waals surface area contributed by atoms with Crippen LogP contribution in [0, 0.1) is 13.8 Å². The van der Waals surface area contributed by atoms with Crippen molar-refractivity contribution in [1.29, 1.82) is 0 Å². The summed E-state index contributed by atoms with van der Waals surface area (Å²) in [6.07, 6.45) is 3.55. The molecule has 6 heteroatoms. The molecule has 4 aromatic rings. The zero-order chi connectivity index (χ0) is 20.2. The Morgan fingerprint density at radius 2 is 1.90 bits per heavy atom. The van der Waals surface area contributed by atoms with Crippen molar-refractivity contribution >= 4 is 22.4 Å². The molecule has 2 heterocycles. The highest BCUT2D eigenvalue weighted by molar-refractivity contribution is 5.93. The van der Waals surface area contributed by atoms with E-state index in [2.05, 4.69) is 81.5 Å². The van der Waals surface area contributed by atoms with Crippen molar-refractivity contribution in [3.05, 3.63) is 72.2 Å². The lowest BCUT2D eigenvalue weighted by atomic mass is 10.1. The summed E-state index contributed by atoms with van der Waals surface area (Å²) in [6.45, 7) is 5.41. The lowest BCUT2D eigenvalue weighted by molar-refractivity contribution is 0.302. The molecule has 0 saturated heterocycles. The van der Waals surface area contributed by atoms with E-state index in [0.29, 0.717) is 13.2 Å². The van der Waals surface area contributed by atoms with Gasteiger partial charge >= 0.3 is 0 Å². The first kappa shape index (κ1) is 19.0. The number of aryl methyl sites for hydroxylation is 2. The maximum Gasteiger partial charge on any atom is 0.141 e. The fourth-order valence-corrected chi connectivity index (χ4v) is 3.51. The molecule has 0 unspecified atom stereocenters. The summed E-state index contributed by atoms with van der Waals surface area (Å²) < 4.78 is 0. The fourth-order valence-electron chi connectivity index (χ4n) is 3.51. The van der Waals surface area contributed by atoms with Gasteiger partial charge in [0.2, 0.25) is 0 Å². The summed E-state index contributed by atoms with van der Waals surface area (Å²) in [6, 6.07) is 16.5. The second-order valence-corrected chi connectivity index (χ2v) is 7.16. The fraction of sp³-hybridized carbons (Fsp3) is 0.217. The summed E-state index contributed by atoms with van der Waals surface area (Å²) in [5, 5.41) is 13.9. The smallest absolute Gasteiger partial charge is 0.141 e. The van der Waals surface area contributed by atoms with E-state index >= 15 is 0 Å². The largest absolute Gasteiger partial charge is 0.395 e. The zero-order valence-corrected chi connectivity index (χ0v) is 16.7. The van der Waals surface area contributed by atoms with Crippen molar-refractivity contribution in [2.24, 2.45) is 0 Å². The average Bonchev–Trinajstić information content (AvgIpc) is 3.13. The first-order valence-electron chi connectivity index (χ1n) is 9.71. The number of aromatic nitrogens is 3. The molecule has 0 aliphatic heterocycles. The predicted octanol–water partition coefficient (Wildman–Crippen LogP) is 4.11. The number of rotatable bonds is 7. The summed E-state index contributed by atoms with van der Waals surface area (Å²) in [5.74, 6) is 0. The molecule has 148 valence electrons. The highest BCUT2D eigenvalue weighted by Gasteiger charge is 2.11. The van der Waals surface area contributed by atoms with Gasteiger partial charge in [-0.1, -0.05) is 24.3 Å². The monoisotopic (exact) mass is 387 g/mol. The molecule has 4 rings (SSSR count). The van der Waals surface area contributed by atoms with E-state index in [-0.39, 0.29) is 6.61 Å². The van der Waals surface area contributed by atoms with Crippen LogP contribution >= 0.6 is 0 Å². The number of fused-ring (bicyclic) bond motifs is 1. The van der Waals surface area contributed by atoms with Crippen LogP contribution in [0.15, 0.2) is 61.1 Å². The van der Waals surface area contributed by atoms with Crippen LogP contribution in [0.25, 0.3) is 22.3 Å². The Balaban J connectivity index is 1.51. The summed E-state index contributed by atoms with van der Waals surface area (Å²) in [5.41, 5.74) is 7.28. The van der Waals surface area contributed by atoms with Crippen molar-refractivity contribution in [3.63, 3.8) is 0 Å². The van der Waals surface area contributed by atoms with Crippen LogP contribution < -0.4 is 10.2 Å². The molecule has 2 aromatic heterocycles. The zero-order valence-electron chi connectivity index (χ0n) is 16.7. The number of aliphatic hydroxyl groups is 1. The number of H-pyrrole nitrogens is 1. The number of aliphatic hydroxyl groups excluding tert-OH is 1. The molecular weight excluding hydrogens is 362 g/mol. The van der Waals surface area contributed by atoms with E-state index < -0.39 is 0 Å². The van der Waals surface area contributed by atoms with E-state index in [4.69, 9.17) is 0 Å². The van der Waals surface area contributed by atoms with Gasteiger partial charge in [-0.05, 0) is 49.2 Å². The van der Waals surface area contributed by atoms with E-state index in [9.17, 15) is 5.11 Å². The molecule has 3 N–H and O–H groups in total. The van der Waals surface area contributed by atoms with Crippen LogP contribution in [0.1, 0.15) is 11.1 Å². The first-order chi connectivity index (χ1) is 14.2. The van der Waals surface area contributed by atoms with Crippen LogP contribution in [0.2, 0.25) is 0 Å². The van der Waals surface area contributed by atoms with Crippen LogP contribution in [0.4, 0.5) is 11.4 Å². The van der Waals surface area contributed by atoms with Crippen LogP contribution in [0.3, 0.4) is 0 Å². The summed E-state index contributed by atoms with van der Waals surface area (Å²) in [4.78, 5) is 14.1. The standard InChI is InChI=1S/C23H25N5O/c1-16-4-3-5-20(12-16)28(10-11-29)15-27-19-8-6-18(7-9-19)22-21-17(2)13-24-23(21)26-14-25-22/h3-9,12-14,27,29H,10-11,15H2,1-2H3,(H,24,25,26). The number of aromatic amines is 1. The van der Waals surface area contributed by atoms with Crippen molar-refractivity contribution in [3.8, 4) is 11.3 Å². The third-order valence-corrected chi connectivity index (χ3v) is 5.04. The number of nitrogens with one attached hydrogen (secondary N) is 2. The maximum atomic E-state index is 9.43. The van der Waals surface area contributed by atoms with Gasteiger partial charge in [0.15, 0.2) is 0 Å². The van der Waals surface area contributed by atoms with Crippen molar-refractivity contribution < 1.29 is 5.11 Å². The van der Waals surface area contributed by atoms with Crippen LogP contribution in [-0.2, 0) is 0 Å². The van der Waals surface area contributed by atoms with Crippen molar-refractivity contribution in [2.45, 2.75) is 13.8 Å². The minimum atomic E-state index is 0.105. The SMILES string of the molecule is Cc1cccc(N(CCO)CNc2ccc(-c3ncnc4[nH]cc(C)c34)cc2)c1.